The summed E-state index contributed by atoms with van der Waals surface area (Å²) in [4.78, 5) is 10.2. The van der Waals surface area contributed by atoms with Crippen LogP contribution < -0.4 is 0 Å². The Hall–Kier alpha value is -4.80. The maximum Gasteiger partial charge on any atom is 0.137 e. The predicted molar refractivity (Wildman–Crippen MR) is 160 cm³/mol. The molecule has 0 fully saturated rings. The number of thiophene rings is 1. The van der Waals surface area contributed by atoms with E-state index in [1.54, 1.807) is 0 Å². The molecule has 0 radical (unpaired) electrons. The summed E-state index contributed by atoms with van der Waals surface area (Å²) in [5, 5.41) is 3.67. The summed E-state index contributed by atoms with van der Waals surface area (Å²) in [6.07, 6.45) is 1.97. The molecule has 0 aliphatic heterocycles. The molecule has 4 heterocycles. The molecular weight excluding hydrogens is 482 g/mol. The van der Waals surface area contributed by atoms with E-state index in [4.69, 9.17) is 9.97 Å². The maximum absolute atomic E-state index is 5.21. The van der Waals surface area contributed by atoms with Crippen LogP contribution in [0.3, 0.4) is 0 Å². The molecule has 8 aromatic rings. The highest BCUT2D eigenvalue weighted by molar-refractivity contribution is 7.26. The number of hydrogen-bond acceptors (Lipinski definition) is 3. The molecule has 0 amide bonds. The Kier molecular flexibility index (Phi) is 4.69. The Morgan fingerprint density at radius 3 is 2.11 bits per heavy atom. The maximum atomic E-state index is 5.21. The normalized spacial score (nSPS) is 11.7. The summed E-state index contributed by atoms with van der Waals surface area (Å²) in [6.45, 7) is 0. The second-order valence-electron chi connectivity index (χ2n) is 9.47. The van der Waals surface area contributed by atoms with Gasteiger partial charge in [0.25, 0.3) is 0 Å². The van der Waals surface area contributed by atoms with E-state index in [9.17, 15) is 0 Å². The third-order valence-corrected chi connectivity index (χ3v) is 8.40. The van der Waals surface area contributed by atoms with Crippen LogP contribution in [0, 0.1) is 0 Å². The lowest BCUT2D eigenvalue weighted by Crippen LogP contribution is -1.98. The van der Waals surface area contributed by atoms with Crippen molar-refractivity contribution in [2.45, 2.75) is 0 Å². The van der Waals surface area contributed by atoms with Crippen molar-refractivity contribution in [3.8, 4) is 28.2 Å². The van der Waals surface area contributed by atoms with E-state index >= 15 is 0 Å². The van der Waals surface area contributed by atoms with Crippen LogP contribution in [0.1, 0.15) is 0 Å². The van der Waals surface area contributed by atoms with Crippen molar-refractivity contribution < 1.29 is 0 Å². The fourth-order valence-electron chi connectivity index (χ4n) is 5.50. The number of aromatic nitrogens is 3. The quantitative estimate of drug-likeness (QED) is 0.240. The molecule has 0 N–H and O–H groups in total. The van der Waals surface area contributed by atoms with E-state index < -0.39 is 0 Å². The lowest BCUT2D eigenvalue weighted by molar-refractivity contribution is 1.08. The number of rotatable bonds is 3. The molecule has 0 saturated heterocycles. The zero-order chi connectivity index (χ0) is 25.1. The third kappa shape index (κ3) is 3.21. The summed E-state index contributed by atoms with van der Waals surface area (Å²) in [5.74, 6) is 0.890. The minimum absolute atomic E-state index is 0.890. The highest BCUT2D eigenvalue weighted by atomic mass is 32.1. The molecule has 0 spiro atoms. The van der Waals surface area contributed by atoms with Gasteiger partial charge in [-0.2, -0.15) is 0 Å². The minimum atomic E-state index is 0.890. The van der Waals surface area contributed by atoms with Gasteiger partial charge in [0, 0.05) is 42.9 Å². The Balaban J connectivity index is 1.46. The smallest absolute Gasteiger partial charge is 0.137 e. The first-order valence-corrected chi connectivity index (χ1v) is 13.5. The van der Waals surface area contributed by atoms with Crippen molar-refractivity contribution in [2.24, 2.45) is 0 Å². The van der Waals surface area contributed by atoms with Gasteiger partial charge in [-0.15, -0.1) is 11.3 Å². The molecule has 0 bridgehead atoms. The van der Waals surface area contributed by atoms with E-state index in [1.165, 1.54) is 20.2 Å². The van der Waals surface area contributed by atoms with Crippen LogP contribution >= 0.6 is 11.3 Å². The van der Waals surface area contributed by atoms with Gasteiger partial charge in [0.15, 0.2) is 0 Å². The highest BCUT2D eigenvalue weighted by Crippen LogP contribution is 2.42. The molecule has 178 valence electrons. The third-order valence-electron chi connectivity index (χ3n) is 7.26. The summed E-state index contributed by atoms with van der Waals surface area (Å²) in [7, 11) is 0. The van der Waals surface area contributed by atoms with Crippen LogP contribution in [0.25, 0.3) is 70.3 Å². The van der Waals surface area contributed by atoms with Gasteiger partial charge in [0.1, 0.15) is 5.82 Å². The summed E-state index contributed by atoms with van der Waals surface area (Å²) in [5.41, 5.74) is 7.56. The largest absolute Gasteiger partial charge is 0.291 e. The zero-order valence-corrected chi connectivity index (χ0v) is 21.2. The molecule has 4 heteroatoms. The van der Waals surface area contributed by atoms with Crippen LogP contribution in [0.2, 0.25) is 0 Å². The van der Waals surface area contributed by atoms with Crippen LogP contribution in [-0.2, 0) is 0 Å². The lowest BCUT2D eigenvalue weighted by atomic mass is 10.1. The molecule has 0 aliphatic carbocycles. The van der Waals surface area contributed by atoms with E-state index in [1.807, 2.05) is 29.7 Å². The number of pyridine rings is 2. The molecule has 4 aromatic heterocycles. The van der Waals surface area contributed by atoms with Crippen molar-refractivity contribution in [3.05, 3.63) is 128 Å². The molecule has 3 nitrogen and oxygen atoms in total. The fourth-order valence-corrected chi connectivity index (χ4v) is 6.61. The highest BCUT2D eigenvalue weighted by Gasteiger charge is 2.20. The summed E-state index contributed by atoms with van der Waals surface area (Å²) >= 11 is 1.84. The first-order valence-electron chi connectivity index (χ1n) is 12.7. The van der Waals surface area contributed by atoms with Gasteiger partial charge in [-0.05, 0) is 48.0 Å². The van der Waals surface area contributed by atoms with E-state index in [2.05, 4.69) is 114 Å². The molecule has 4 aromatic carbocycles. The Morgan fingerprint density at radius 2 is 1.32 bits per heavy atom. The van der Waals surface area contributed by atoms with Crippen molar-refractivity contribution in [2.75, 3.05) is 0 Å². The van der Waals surface area contributed by atoms with Crippen LogP contribution in [0.15, 0.2) is 128 Å². The topological polar surface area (TPSA) is 30.7 Å². The van der Waals surface area contributed by atoms with Crippen molar-refractivity contribution in [1.82, 2.24) is 14.5 Å². The number of benzene rings is 4. The number of fused-ring (bicyclic) bond motifs is 7. The summed E-state index contributed by atoms with van der Waals surface area (Å²) in [6, 6.07) is 42.5. The molecule has 0 saturated carbocycles. The van der Waals surface area contributed by atoms with Crippen LogP contribution in [0.4, 0.5) is 0 Å². The molecule has 0 unspecified atom stereocenters. The molecule has 0 atom stereocenters. The van der Waals surface area contributed by atoms with E-state index in [0.717, 1.165) is 50.1 Å². The first kappa shape index (κ1) is 21.3. The lowest BCUT2D eigenvalue weighted by Gasteiger charge is -2.09. The molecule has 8 rings (SSSR count). The van der Waals surface area contributed by atoms with Crippen molar-refractivity contribution in [3.63, 3.8) is 0 Å². The second-order valence-corrected chi connectivity index (χ2v) is 10.6. The molecule has 0 aliphatic rings. The van der Waals surface area contributed by atoms with Crippen molar-refractivity contribution >= 4 is 53.4 Å². The standard InChI is InChI=1S/C34H21N3S/c1-3-9-22(10-4-1)24-15-20-31(35-21-24)37-28-18-17-27(23-11-5-2-6-12-23)36-33(28)26-16-19-30-32(34(26)37)25-13-7-8-14-29(25)38-30/h1-21H. The monoisotopic (exact) mass is 503 g/mol. The van der Waals surface area contributed by atoms with E-state index in [0.29, 0.717) is 0 Å². The van der Waals surface area contributed by atoms with Gasteiger partial charge < -0.3 is 0 Å². The van der Waals surface area contributed by atoms with E-state index in [-0.39, 0.29) is 0 Å². The van der Waals surface area contributed by atoms with Gasteiger partial charge >= 0.3 is 0 Å². The van der Waals surface area contributed by atoms with Gasteiger partial charge in [-0.3, -0.25) is 4.57 Å². The number of hydrogen-bond donors (Lipinski definition) is 0. The van der Waals surface area contributed by atoms with Crippen molar-refractivity contribution in [1.29, 1.82) is 0 Å². The van der Waals surface area contributed by atoms with Crippen LogP contribution in [0.5, 0.6) is 0 Å². The number of nitrogens with zero attached hydrogens (tertiary/aromatic N) is 3. The molecular formula is C34H21N3S. The zero-order valence-electron chi connectivity index (χ0n) is 20.4. The second kappa shape index (κ2) is 8.37. The minimum Gasteiger partial charge on any atom is -0.291 e. The van der Waals surface area contributed by atoms with Gasteiger partial charge in [0.05, 0.1) is 22.2 Å². The predicted octanol–water partition coefficient (Wildman–Crippen LogP) is 9.28. The SMILES string of the molecule is c1ccc(-c2ccc(-n3c4ccc(-c5ccccc5)nc4c4ccc5sc6ccccc6c5c43)nc2)cc1. The Labute approximate surface area is 223 Å². The fraction of sp³-hybridized carbons (Fsp3) is 0. The average molecular weight is 504 g/mol. The van der Waals surface area contributed by atoms with Gasteiger partial charge in [-0.1, -0.05) is 78.9 Å². The average Bonchev–Trinajstić information content (AvgIpc) is 3.53. The Bertz CT molecular complexity index is 2110. The van der Waals surface area contributed by atoms with Gasteiger partial charge in [0.2, 0.25) is 0 Å². The van der Waals surface area contributed by atoms with Gasteiger partial charge in [-0.25, -0.2) is 9.97 Å². The van der Waals surface area contributed by atoms with Crippen LogP contribution in [-0.4, -0.2) is 14.5 Å². The first-order chi connectivity index (χ1) is 18.8. The molecule has 38 heavy (non-hydrogen) atoms. The summed E-state index contributed by atoms with van der Waals surface area (Å²) < 4.78 is 4.85. The Morgan fingerprint density at radius 1 is 0.553 bits per heavy atom.